The van der Waals surface area contributed by atoms with Crippen LogP contribution < -0.4 is 0 Å². The van der Waals surface area contributed by atoms with Crippen LogP contribution in [0.3, 0.4) is 0 Å². The first kappa shape index (κ1) is 21.1. The minimum atomic E-state index is -1.40. The summed E-state index contributed by atoms with van der Waals surface area (Å²) in [4.78, 5) is 65.4. The van der Waals surface area contributed by atoms with Gasteiger partial charge < -0.3 is 10.0 Å². The van der Waals surface area contributed by atoms with Gasteiger partial charge in [0.15, 0.2) is 0 Å². The van der Waals surface area contributed by atoms with Gasteiger partial charge in [-0.3, -0.25) is 29.4 Å². The number of benzene rings is 2. The van der Waals surface area contributed by atoms with Crippen molar-refractivity contribution in [3.05, 3.63) is 74.8 Å². The molecule has 3 amide bonds. The van der Waals surface area contributed by atoms with E-state index < -0.39 is 46.7 Å². The normalized spacial score (nSPS) is 24.1. The van der Waals surface area contributed by atoms with Gasteiger partial charge in [-0.2, -0.15) is 11.8 Å². The smallest absolute Gasteiger partial charge is 0.327 e. The van der Waals surface area contributed by atoms with Crippen molar-refractivity contribution in [3.63, 3.8) is 0 Å². The van der Waals surface area contributed by atoms with Crippen molar-refractivity contribution in [2.75, 3.05) is 11.5 Å². The maximum atomic E-state index is 13.8. The fourth-order valence-electron chi connectivity index (χ4n) is 4.85. The van der Waals surface area contributed by atoms with Crippen LogP contribution in [0.1, 0.15) is 37.9 Å². The minimum Gasteiger partial charge on any atom is -0.480 e. The Bertz CT molecular complexity index is 1210. The van der Waals surface area contributed by atoms with Crippen LogP contribution in [-0.2, 0) is 16.0 Å². The first-order chi connectivity index (χ1) is 15.8. The molecular formula is C22H17N3O7S. The average Bonchev–Trinajstić information content (AvgIpc) is 2.98. The highest BCUT2D eigenvalue weighted by molar-refractivity contribution is 7.99. The van der Waals surface area contributed by atoms with Crippen molar-refractivity contribution in [1.29, 1.82) is 0 Å². The van der Waals surface area contributed by atoms with Crippen LogP contribution in [0.5, 0.6) is 0 Å². The van der Waals surface area contributed by atoms with Gasteiger partial charge in [0, 0.05) is 29.6 Å². The van der Waals surface area contributed by atoms with Crippen molar-refractivity contribution in [3.8, 4) is 0 Å². The van der Waals surface area contributed by atoms with Crippen LogP contribution in [0, 0.1) is 10.1 Å². The third-order valence-corrected chi connectivity index (χ3v) is 7.43. The Kier molecular flexibility index (Phi) is 4.93. The molecule has 0 radical (unpaired) electrons. The molecule has 2 aromatic carbocycles. The molecule has 10 nitrogen and oxygen atoms in total. The highest BCUT2D eigenvalue weighted by Crippen LogP contribution is 2.42. The number of rotatable bonds is 3. The standard InChI is InChI=1S/C22H17N3O7S/c26-19-12-4-1-2-5-13(12)20(27)24(19)16-8-14-11(6-3-7-15(14)25(31)32)17-9-33-10-18(22(29)30)23(17)21(16)28/h1-7,16-18H,8-10H2,(H,29,30). The number of nitrogens with zero attached hydrogens (tertiary/aromatic N) is 3. The Balaban J connectivity index is 1.70. The first-order valence-electron chi connectivity index (χ1n) is 10.2. The molecule has 3 aliphatic heterocycles. The third-order valence-electron chi connectivity index (χ3n) is 6.33. The van der Waals surface area contributed by atoms with E-state index in [0.717, 1.165) is 4.90 Å². The molecule has 3 atom stereocenters. The molecule has 0 spiro atoms. The summed E-state index contributed by atoms with van der Waals surface area (Å²) in [5.74, 6) is -2.78. The quantitative estimate of drug-likeness (QED) is 0.410. The fraction of sp³-hybridized carbons (Fsp3) is 0.273. The topological polar surface area (TPSA) is 138 Å². The monoisotopic (exact) mass is 467 g/mol. The molecule has 0 aliphatic carbocycles. The van der Waals surface area contributed by atoms with Gasteiger partial charge in [0.25, 0.3) is 17.5 Å². The van der Waals surface area contributed by atoms with Gasteiger partial charge in [0.05, 0.1) is 22.1 Å². The van der Waals surface area contributed by atoms with Gasteiger partial charge in [-0.15, -0.1) is 0 Å². The molecule has 1 N–H and O–H groups in total. The molecule has 1 fully saturated rings. The lowest BCUT2D eigenvalue weighted by molar-refractivity contribution is -0.385. The number of carbonyl (C=O) groups is 4. The number of aliphatic carboxylic acids is 1. The molecule has 11 heteroatoms. The summed E-state index contributed by atoms with van der Waals surface area (Å²) < 4.78 is 0. The van der Waals surface area contributed by atoms with Crippen LogP contribution >= 0.6 is 11.8 Å². The number of hydrogen-bond donors (Lipinski definition) is 1. The molecule has 33 heavy (non-hydrogen) atoms. The highest BCUT2D eigenvalue weighted by Gasteiger charge is 2.51. The van der Waals surface area contributed by atoms with E-state index in [1.165, 1.54) is 40.9 Å². The number of hydrogen-bond acceptors (Lipinski definition) is 7. The van der Waals surface area contributed by atoms with Crippen LogP contribution in [0.15, 0.2) is 42.5 Å². The van der Waals surface area contributed by atoms with Gasteiger partial charge in [-0.1, -0.05) is 24.3 Å². The number of carboxylic acids is 1. The number of fused-ring (bicyclic) bond motifs is 4. The van der Waals surface area contributed by atoms with Gasteiger partial charge in [-0.05, 0) is 17.7 Å². The molecule has 2 aromatic rings. The highest BCUT2D eigenvalue weighted by atomic mass is 32.2. The third kappa shape index (κ3) is 3.10. The molecule has 5 rings (SSSR count). The van der Waals surface area contributed by atoms with E-state index in [4.69, 9.17) is 0 Å². The molecular weight excluding hydrogens is 450 g/mol. The van der Waals surface area contributed by atoms with E-state index in [1.807, 2.05) is 0 Å². The lowest BCUT2D eigenvalue weighted by Crippen LogP contribution is -2.58. The van der Waals surface area contributed by atoms with Crippen molar-refractivity contribution >= 4 is 41.1 Å². The Morgan fingerprint density at radius 2 is 1.67 bits per heavy atom. The summed E-state index contributed by atoms with van der Waals surface area (Å²) in [5.41, 5.74) is 0.753. The van der Waals surface area contributed by atoms with Crippen molar-refractivity contribution < 1.29 is 29.2 Å². The van der Waals surface area contributed by atoms with Gasteiger partial charge in [0.2, 0.25) is 5.91 Å². The fourth-order valence-corrected chi connectivity index (χ4v) is 6.08. The number of amides is 3. The minimum absolute atomic E-state index is 0.136. The summed E-state index contributed by atoms with van der Waals surface area (Å²) in [5, 5.41) is 21.6. The maximum Gasteiger partial charge on any atom is 0.327 e. The van der Waals surface area contributed by atoms with Gasteiger partial charge in [-0.25, -0.2) is 4.79 Å². The zero-order valence-corrected chi connectivity index (χ0v) is 17.9. The van der Waals surface area contributed by atoms with Crippen molar-refractivity contribution in [2.45, 2.75) is 24.5 Å². The Morgan fingerprint density at radius 3 is 2.27 bits per heavy atom. The SMILES string of the molecule is O=C(O)C1CSCC2c3cccc([N+](=O)[O-])c3CC(N3C(=O)c4ccccc4C3=O)C(=O)N12. The van der Waals surface area contributed by atoms with E-state index in [9.17, 15) is 34.4 Å². The Morgan fingerprint density at radius 1 is 1.00 bits per heavy atom. The van der Waals surface area contributed by atoms with Crippen LogP contribution in [0.25, 0.3) is 0 Å². The summed E-state index contributed by atoms with van der Waals surface area (Å²) in [6.45, 7) is 0. The second-order valence-electron chi connectivity index (χ2n) is 8.00. The zero-order valence-electron chi connectivity index (χ0n) is 17.0. The van der Waals surface area contributed by atoms with Gasteiger partial charge in [0.1, 0.15) is 12.1 Å². The molecule has 3 unspecified atom stereocenters. The Labute approximate surface area is 191 Å². The predicted molar refractivity (Wildman–Crippen MR) is 116 cm³/mol. The average molecular weight is 467 g/mol. The van der Waals surface area contributed by atoms with Crippen molar-refractivity contribution in [1.82, 2.24) is 9.80 Å². The largest absolute Gasteiger partial charge is 0.480 e. The number of imide groups is 1. The first-order valence-corrected chi connectivity index (χ1v) is 11.3. The predicted octanol–water partition coefficient (Wildman–Crippen LogP) is 1.89. The zero-order chi connectivity index (χ0) is 23.4. The molecule has 1 saturated heterocycles. The number of thioether (sulfide) groups is 1. The van der Waals surface area contributed by atoms with E-state index in [0.29, 0.717) is 11.3 Å². The summed E-state index contributed by atoms with van der Waals surface area (Å²) in [6.07, 6.45) is -0.263. The maximum absolute atomic E-state index is 13.8. The van der Waals surface area contributed by atoms with Gasteiger partial charge >= 0.3 is 5.97 Å². The molecule has 0 bridgehead atoms. The summed E-state index contributed by atoms with van der Waals surface area (Å²) >= 11 is 1.34. The lowest BCUT2D eigenvalue weighted by Gasteiger charge is -2.40. The number of nitro benzene ring substituents is 1. The van der Waals surface area contributed by atoms with E-state index in [1.54, 1.807) is 18.2 Å². The second-order valence-corrected chi connectivity index (χ2v) is 9.08. The molecule has 0 aromatic heterocycles. The second kappa shape index (κ2) is 7.69. The molecule has 168 valence electrons. The van der Waals surface area contributed by atoms with Crippen molar-refractivity contribution in [2.24, 2.45) is 0 Å². The lowest BCUT2D eigenvalue weighted by atomic mass is 9.95. The number of nitro groups is 1. The van der Waals surface area contributed by atoms with E-state index in [-0.39, 0.29) is 34.6 Å². The van der Waals surface area contributed by atoms with E-state index >= 15 is 0 Å². The summed E-state index contributed by atoms with van der Waals surface area (Å²) in [7, 11) is 0. The molecule has 0 saturated carbocycles. The Hall–Kier alpha value is -3.73. The molecule has 3 aliphatic rings. The van der Waals surface area contributed by atoms with E-state index in [2.05, 4.69) is 0 Å². The summed E-state index contributed by atoms with van der Waals surface area (Å²) in [6, 6.07) is 7.29. The van der Waals surface area contributed by atoms with Crippen LogP contribution in [0.2, 0.25) is 0 Å². The number of carbonyl (C=O) groups excluding carboxylic acids is 3. The molecule has 3 heterocycles. The van der Waals surface area contributed by atoms with Crippen LogP contribution in [0.4, 0.5) is 5.69 Å². The van der Waals surface area contributed by atoms with Crippen LogP contribution in [-0.4, -0.2) is 67.1 Å². The number of carboxylic acid groups (broad SMARTS) is 1.